The van der Waals surface area contributed by atoms with Crippen LogP contribution in [0.4, 0.5) is 11.5 Å². The third kappa shape index (κ3) is 3.76. The van der Waals surface area contributed by atoms with E-state index in [2.05, 4.69) is 26.5 Å². The maximum absolute atomic E-state index is 6.25. The van der Waals surface area contributed by atoms with E-state index in [0.717, 1.165) is 48.1 Å². The zero-order valence-corrected chi connectivity index (χ0v) is 19.7. The van der Waals surface area contributed by atoms with Crippen molar-refractivity contribution < 1.29 is 18.9 Å². The van der Waals surface area contributed by atoms with E-state index in [4.69, 9.17) is 25.4 Å². The average molecular weight is 473 g/mol. The first-order chi connectivity index (χ1) is 17.2. The normalized spacial score (nSPS) is 24.1. The molecule has 2 aromatic carbocycles. The molecular formula is C27H28N4O4. The molecule has 3 heterocycles. The van der Waals surface area contributed by atoms with Gasteiger partial charge in [-0.15, -0.1) is 6.42 Å². The first kappa shape index (κ1) is 22.1. The topological polar surface area (TPSA) is 86.8 Å². The molecule has 0 radical (unpaired) electrons. The summed E-state index contributed by atoms with van der Waals surface area (Å²) in [7, 11) is 1.64. The van der Waals surface area contributed by atoms with Crippen LogP contribution in [0.3, 0.4) is 0 Å². The minimum absolute atomic E-state index is 0.0676. The van der Waals surface area contributed by atoms with Crippen LogP contribution in [-0.4, -0.2) is 55.8 Å². The number of terminal acetylenes is 1. The van der Waals surface area contributed by atoms with E-state index in [0.29, 0.717) is 43.1 Å². The number of anilines is 2. The Kier molecular flexibility index (Phi) is 5.49. The molecule has 1 aliphatic carbocycles. The van der Waals surface area contributed by atoms with Gasteiger partial charge >= 0.3 is 0 Å². The van der Waals surface area contributed by atoms with E-state index in [9.17, 15) is 0 Å². The summed E-state index contributed by atoms with van der Waals surface area (Å²) in [5.41, 5.74) is 2.48. The van der Waals surface area contributed by atoms with Gasteiger partial charge in [-0.25, -0.2) is 9.97 Å². The Bertz CT molecular complexity index is 1290. The highest BCUT2D eigenvalue weighted by Crippen LogP contribution is 2.65. The fourth-order valence-electron chi connectivity index (χ4n) is 5.62. The quantitative estimate of drug-likeness (QED) is 0.506. The number of nitrogens with zero attached hydrogens (tertiary/aromatic N) is 2. The summed E-state index contributed by atoms with van der Waals surface area (Å²) >= 11 is 0. The molecule has 8 nitrogen and oxygen atoms in total. The molecule has 180 valence electrons. The lowest BCUT2D eigenvalue weighted by molar-refractivity contribution is -0.183. The summed E-state index contributed by atoms with van der Waals surface area (Å²) in [6.45, 7) is 3.62. The van der Waals surface area contributed by atoms with Crippen molar-refractivity contribution in [3.05, 3.63) is 48.3 Å². The standard InChI is InChI=1S/C27H28N4O4/c1-3-18-5-4-6-20(11-18)31-25-21-12-24(23(32-2)13-22(21)29-17-30-25)33-8-7-19-14-26(19)15-28-16-27(26)34-9-10-35-27/h1,4-6,11-13,17,19,28H,7-10,14-16H2,2H3,(H,29,30,31). The summed E-state index contributed by atoms with van der Waals surface area (Å²) in [5.74, 6) is 4.69. The van der Waals surface area contributed by atoms with Crippen LogP contribution in [0.5, 0.6) is 11.5 Å². The Morgan fingerprint density at radius 3 is 2.89 bits per heavy atom. The van der Waals surface area contributed by atoms with Crippen molar-refractivity contribution in [1.29, 1.82) is 0 Å². The molecule has 2 saturated heterocycles. The summed E-state index contributed by atoms with van der Waals surface area (Å²) in [5, 5.41) is 7.67. The number of methoxy groups -OCH3 is 1. The van der Waals surface area contributed by atoms with Gasteiger partial charge in [-0.2, -0.15) is 0 Å². The molecule has 2 atom stereocenters. The predicted molar refractivity (Wildman–Crippen MR) is 132 cm³/mol. The lowest BCUT2D eigenvalue weighted by Crippen LogP contribution is -2.41. The van der Waals surface area contributed by atoms with Crippen molar-refractivity contribution in [3.63, 3.8) is 0 Å². The Morgan fingerprint density at radius 2 is 2.06 bits per heavy atom. The molecule has 3 fully saturated rings. The van der Waals surface area contributed by atoms with Crippen molar-refractivity contribution >= 4 is 22.4 Å². The van der Waals surface area contributed by atoms with Crippen LogP contribution < -0.4 is 20.1 Å². The molecule has 1 saturated carbocycles. The van der Waals surface area contributed by atoms with Crippen molar-refractivity contribution in [2.45, 2.75) is 18.6 Å². The minimum atomic E-state index is -0.451. The van der Waals surface area contributed by atoms with E-state index in [1.807, 2.05) is 36.4 Å². The summed E-state index contributed by atoms with van der Waals surface area (Å²) < 4.78 is 24.0. The summed E-state index contributed by atoms with van der Waals surface area (Å²) in [6, 6.07) is 11.5. The molecule has 3 aromatic rings. The van der Waals surface area contributed by atoms with E-state index >= 15 is 0 Å². The minimum Gasteiger partial charge on any atom is -0.493 e. The van der Waals surface area contributed by atoms with Crippen LogP contribution >= 0.6 is 0 Å². The first-order valence-corrected chi connectivity index (χ1v) is 11.9. The highest BCUT2D eigenvalue weighted by atomic mass is 16.7. The molecule has 35 heavy (non-hydrogen) atoms. The number of hydrogen-bond acceptors (Lipinski definition) is 8. The number of aromatic nitrogens is 2. The molecule has 2 N–H and O–H groups in total. The van der Waals surface area contributed by atoms with Gasteiger partial charge in [0.25, 0.3) is 0 Å². The Labute approximate surface area is 204 Å². The van der Waals surface area contributed by atoms with Crippen molar-refractivity contribution in [1.82, 2.24) is 15.3 Å². The van der Waals surface area contributed by atoms with E-state index in [1.54, 1.807) is 7.11 Å². The van der Waals surface area contributed by atoms with Gasteiger partial charge in [-0.05, 0) is 43.0 Å². The lowest BCUT2D eigenvalue weighted by atomic mass is 9.95. The zero-order chi connectivity index (χ0) is 23.9. The van der Waals surface area contributed by atoms with E-state index in [1.165, 1.54) is 6.33 Å². The maximum atomic E-state index is 6.25. The molecular weight excluding hydrogens is 444 g/mol. The van der Waals surface area contributed by atoms with Crippen molar-refractivity contribution in [2.75, 3.05) is 45.3 Å². The van der Waals surface area contributed by atoms with Gasteiger partial charge in [-0.3, -0.25) is 0 Å². The van der Waals surface area contributed by atoms with Gasteiger partial charge in [0, 0.05) is 34.7 Å². The molecule has 6 rings (SSSR count). The van der Waals surface area contributed by atoms with Crippen LogP contribution in [0, 0.1) is 23.7 Å². The Morgan fingerprint density at radius 1 is 1.17 bits per heavy atom. The van der Waals surface area contributed by atoms with Gasteiger partial charge in [0.2, 0.25) is 0 Å². The molecule has 2 unspecified atom stereocenters. The Balaban J connectivity index is 1.20. The van der Waals surface area contributed by atoms with E-state index in [-0.39, 0.29) is 5.41 Å². The fraction of sp³-hybridized carbons (Fsp3) is 0.407. The molecule has 0 bridgehead atoms. The third-order valence-corrected chi connectivity index (χ3v) is 7.48. The van der Waals surface area contributed by atoms with Gasteiger partial charge in [-0.1, -0.05) is 12.0 Å². The Hall–Kier alpha value is -3.38. The maximum Gasteiger partial charge on any atom is 0.188 e. The number of rotatable bonds is 7. The zero-order valence-electron chi connectivity index (χ0n) is 19.7. The highest BCUT2D eigenvalue weighted by molar-refractivity contribution is 5.93. The van der Waals surface area contributed by atoms with Crippen molar-refractivity contribution in [3.8, 4) is 23.8 Å². The second-order valence-electron chi connectivity index (χ2n) is 9.34. The van der Waals surface area contributed by atoms with Crippen LogP contribution in [-0.2, 0) is 9.47 Å². The third-order valence-electron chi connectivity index (χ3n) is 7.48. The number of fused-ring (bicyclic) bond motifs is 2. The molecule has 8 heteroatoms. The number of hydrogen-bond donors (Lipinski definition) is 2. The smallest absolute Gasteiger partial charge is 0.188 e. The predicted octanol–water partition coefficient (Wildman–Crippen LogP) is 3.48. The highest BCUT2D eigenvalue weighted by Gasteiger charge is 2.71. The molecule has 1 aromatic heterocycles. The second kappa shape index (κ2) is 8.68. The number of ether oxygens (including phenoxy) is 4. The first-order valence-electron chi connectivity index (χ1n) is 11.9. The van der Waals surface area contributed by atoms with Gasteiger partial charge < -0.3 is 29.6 Å². The SMILES string of the molecule is C#Cc1cccc(Nc2ncnc3cc(OC)c(OCCC4CC45CNCC54OCCO4)cc23)c1. The molecule has 3 aliphatic rings. The molecule has 2 aliphatic heterocycles. The van der Waals surface area contributed by atoms with Crippen LogP contribution in [0.2, 0.25) is 0 Å². The summed E-state index contributed by atoms with van der Waals surface area (Å²) in [6.07, 6.45) is 9.09. The van der Waals surface area contributed by atoms with Gasteiger partial charge in [0.05, 0.1) is 39.0 Å². The fourth-order valence-corrected chi connectivity index (χ4v) is 5.62. The van der Waals surface area contributed by atoms with Crippen LogP contribution in [0.1, 0.15) is 18.4 Å². The molecule has 2 spiro atoms. The summed E-state index contributed by atoms with van der Waals surface area (Å²) in [4.78, 5) is 8.88. The lowest BCUT2D eigenvalue weighted by Gasteiger charge is -2.29. The molecule has 0 amide bonds. The van der Waals surface area contributed by atoms with Crippen LogP contribution in [0.15, 0.2) is 42.7 Å². The number of nitrogens with one attached hydrogen (secondary N) is 2. The largest absolute Gasteiger partial charge is 0.493 e. The van der Waals surface area contributed by atoms with Crippen molar-refractivity contribution in [2.24, 2.45) is 11.3 Å². The number of benzene rings is 2. The average Bonchev–Trinajstić information content (AvgIpc) is 3.21. The van der Waals surface area contributed by atoms with Gasteiger partial charge in [0.15, 0.2) is 17.3 Å². The monoisotopic (exact) mass is 472 g/mol. The van der Waals surface area contributed by atoms with Gasteiger partial charge in [0.1, 0.15) is 12.1 Å². The van der Waals surface area contributed by atoms with Crippen LogP contribution in [0.25, 0.3) is 10.9 Å². The van der Waals surface area contributed by atoms with E-state index < -0.39 is 5.79 Å². The second-order valence-corrected chi connectivity index (χ2v) is 9.34.